The predicted octanol–water partition coefficient (Wildman–Crippen LogP) is 3.33. The maximum atomic E-state index is 10.6. The van der Waals surface area contributed by atoms with Crippen molar-refractivity contribution in [3.05, 3.63) is 48.0 Å². The van der Waals surface area contributed by atoms with Gasteiger partial charge in [-0.2, -0.15) is 0 Å². The molecule has 15 heavy (non-hydrogen) atoms. The third-order valence-electron chi connectivity index (χ3n) is 2.82. The highest BCUT2D eigenvalue weighted by Crippen LogP contribution is 2.32. The molecule has 0 bridgehead atoms. The van der Waals surface area contributed by atoms with Crippen molar-refractivity contribution in [2.45, 2.75) is 25.2 Å². The monoisotopic (exact) mass is 200 g/mol. The summed E-state index contributed by atoms with van der Waals surface area (Å²) >= 11 is 0. The number of benzene rings is 1. The highest BCUT2D eigenvalue weighted by atomic mass is 16.1. The first kappa shape index (κ1) is 10.2. The normalized spacial score (nSPS) is 17.9. The van der Waals surface area contributed by atoms with Gasteiger partial charge >= 0.3 is 0 Å². The smallest absolute Gasteiger partial charge is 0.120 e. The Labute approximate surface area is 90.8 Å². The van der Waals surface area contributed by atoms with Crippen LogP contribution in [0.4, 0.5) is 0 Å². The molecule has 2 rings (SSSR count). The molecule has 0 amide bonds. The maximum Gasteiger partial charge on any atom is 0.120 e. The number of hydrogen-bond acceptors (Lipinski definition) is 1. The van der Waals surface area contributed by atoms with Crippen molar-refractivity contribution >= 4 is 6.29 Å². The summed E-state index contributed by atoms with van der Waals surface area (Å²) in [7, 11) is 0. The molecule has 0 N–H and O–H groups in total. The van der Waals surface area contributed by atoms with Crippen LogP contribution in [0.5, 0.6) is 0 Å². The largest absolute Gasteiger partial charge is 0.303 e. The number of carbonyl (C=O) groups is 1. The summed E-state index contributed by atoms with van der Waals surface area (Å²) in [5.74, 6) is 1.05. The van der Waals surface area contributed by atoms with E-state index in [0.29, 0.717) is 6.42 Å². The highest BCUT2D eigenvalue weighted by Gasteiger charge is 2.18. The Morgan fingerprint density at radius 3 is 2.60 bits per heavy atom. The quantitative estimate of drug-likeness (QED) is 0.526. The number of rotatable bonds is 5. The molecule has 1 fully saturated rings. The minimum Gasteiger partial charge on any atom is -0.303 e. The summed E-state index contributed by atoms with van der Waals surface area (Å²) in [5.41, 5.74) is 1.24. The maximum absolute atomic E-state index is 10.6. The van der Waals surface area contributed by atoms with Gasteiger partial charge in [0.05, 0.1) is 0 Å². The first-order valence-corrected chi connectivity index (χ1v) is 5.57. The summed E-state index contributed by atoms with van der Waals surface area (Å²) < 4.78 is 0. The minimum atomic E-state index is 0.268. The van der Waals surface area contributed by atoms with Crippen LogP contribution in [-0.4, -0.2) is 6.29 Å². The third kappa shape index (κ3) is 3.05. The lowest BCUT2D eigenvalue weighted by Crippen LogP contribution is -1.95. The molecular weight excluding hydrogens is 184 g/mol. The molecule has 0 radical (unpaired) electrons. The van der Waals surface area contributed by atoms with E-state index in [0.717, 1.165) is 12.2 Å². The van der Waals surface area contributed by atoms with Gasteiger partial charge in [-0.05, 0) is 24.3 Å². The van der Waals surface area contributed by atoms with Crippen molar-refractivity contribution in [2.75, 3.05) is 0 Å². The van der Waals surface area contributed by atoms with E-state index in [2.05, 4.69) is 24.3 Å². The van der Waals surface area contributed by atoms with E-state index >= 15 is 0 Å². The molecule has 1 aromatic carbocycles. The zero-order chi connectivity index (χ0) is 10.5. The molecule has 0 aliphatic heterocycles. The molecule has 1 heteroatoms. The number of allylic oxidation sites excluding steroid dienone is 2. The van der Waals surface area contributed by atoms with Crippen molar-refractivity contribution in [3.8, 4) is 0 Å². The van der Waals surface area contributed by atoms with Crippen LogP contribution in [0.1, 0.15) is 30.7 Å². The van der Waals surface area contributed by atoms with E-state index in [1.807, 2.05) is 18.2 Å². The van der Waals surface area contributed by atoms with Crippen LogP contribution in [-0.2, 0) is 4.79 Å². The van der Waals surface area contributed by atoms with Gasteiger partial charge in [0.1, 0.15) is 6.29 Å². The zero-order valence-electron chi connectivity index (χ0n) is 8.80. The molecule has 1 saturated carbocycles. The minimum absolute atomic E-state index is 0.268. The van der Waals surface area contributed by atoms with Crippen LogP contribution in [0.3, 0.4) is 0 Å². The van der Waals surface area contributed by atoms with Crippen molar-refractivity contribution < 1.29 is 4.79 Å². The van der Waals surface area contributed by atoms with Crippen LogP contribution < -0.4 is 0 Å². The van der Waals surface area contributed by atoms with Crippen molar-refractivity contribution in [3.63, 3.8) is 0 Å². The Morgan fingerprint density at radius 2 is 2.00 bits per heavy atom. The first-order valence-electron chi connectivity index (χ1n) is 5.57. The van der Waals surface area contributed by atoms with Gasteiger partial charge in [0, 0.05) is 12.3 Å². The fraction of sp³-hybridized carbons (Fsp3) is 0.357. The van der Waals surface area contributed by atoms with Crippen molar-refractivity contribution in [2.24, 2.45) is 5.92 Å². The number of hydrogen-bond donors (Lipinski definition) is 0. The molecule has 1 aliphatic rings. The lowest BCUT2D eigenvalue weighted by molar-refractivity contribution is -0.108. The van der Waals surface area contributed by atoms with E-state index < -0.39 is 0 Å². The van der Waals surface area contributed by atoms with Gasteiger partial charge in [0.25, 0.3) is 0 Å². The van der Waals surface area contributed by atoms with E-state index in [-0.39, 0.29) is 5.92 Å². The molecular formula is C14H16O. The van der Waals surface area contributed by atoms with Gasteiger partial charge < -0.3 is 4.79 Å². The summed E-state index contributed by atoms with van der Waals surface area (Å²) in [6.45, 7) is 0. The molecule has 78 valence electrons. The molecule has 1 nitrogen and oxygen atoms in total. The molecule has 1 unspecified atom stereocenters. The topological polar surface area (TPSA) is 17.1 Å². The lowest BCUT2D eigenvalue weighted by Gasteiger charge is -2.09. The van der Waals surface area contributed by atoms with Gasteiger partial charge in [0.15, 0.2) is 0 Å². The highest BCUT2D eigenvalue weighted by molar-refractivity contribution is 5.52. The standard InChI is InChI=1S/C14H16O/c15-11-10-14(9-8-12-6-7-12)13-4-2-1-3-5-13/h1-5,8-9,11-12,14H,6-7,10H2/b9-8+. The van der Waals surface area contributed by atoms with Gasteiger partial charge in [-0.3, -0.25) is 0 Å². The second-order valence-electron chi connectivity index (χ2n) is 4.14. The Kier molecular flexibility index (Phi) is 3.33. The van der Waals surface area contributed by atoms with Gasteiger partial charge in [-0.1, -0.05) is 42.5 Å². The van der Waals surface area contributed by atoms with Crippen LogP contribution in [0.25, 0.3) is 0 Å². The molecule has 0 saturated heterocycles. The summed E-state index contributed by atoms with van der Waals surface area (Å²) in [4.78, 5) is 10.6. The lowest BCUT2D eigenvalue weighted by atomic mass is 9.95. The molecule has 0 spiro atoms. The Hall–Kier alpha value is -1.37. The van der Waals surface area contributed by atoms with Crippen LogP contribution in [0.2, 0.25) is 0 Å². The number of carbonyl (C=O) groups excluding carboxylic acids is 1. The second kappa shape index (κ2) is 4.92. The van der Waals surface area contributed by atoms with Crippen LogP contribution in [0.15, 0.2) is 42.5 Å². The molecule has 1 atom stereocenters. The van der Waals surface area contributed by atoms with Crippen LogP contribution in [0, 0.1) is 5.92 Å². The van der Waals surface area contributed by atoms with Gasteiger partial charge in [-0.25, -0.2) is 0 Å². The average molecular weight is 200 g/mol. The Morgan fingerprint density at radius 1 is 1.27 bits per heavy atom. The average Bonchev–Trinajstić information content (AvgIpc) is 3.09. The van der Waals surface area contributed by atoms with Crippen molar-refractivity contribution in [1.82, 2.24) is 0 Å². The first-order chi connectivity index (χ1) is 7.40. The predicted molar refractivity (Wildman–Crippen MR) is 61.7 cm³/mol. The molecule has 0 aromatic heterocycles. The fourth-order valence-corrected chi connectivity index (χ4v) is 1.71. The van der Waals surface area contributed by atoms with E-state index in [1.54, 1.807) is 0 Å². The summed E-state index contributed by atoms with van der Waals surface area (Å²) in [6.07, 6.45) is 8.70. The molecule has 1 aliphatic carbocycles. The third-order valence-corrected chi connectivity index (χ3v) is 2.82. The van der Waals surface area contributed by atoms with Crippen molar-refractivity contribution in [1.29, 1.82) is 0 Å². The Balaban J connectivity index is 2.07. The van der Waals surface area contributed by atoms with E-state index in [1.165, 1.54) is 18.4 Å². The zero-order valence-corrected chi connectivity index (χ0v) is 8.80. The van der Waals surface area contributed by atoms with E-state index in [4.69, 9.17) is 0 Å². The summed E-state index contributed by atoms with van der Waals surface area (Å²) in [6, 6.07) is 10.2. The van der Waals surface area contributed by atoms with Gasteiger partial charge in [0.2, 0.25) is 0 Å². The summed E-state index contributed by atoms with van der Waals surface area (Å²) in [5, 5.41) is 0. The molecule has 0 heterocycles. The number of aldehydes is 1. The fourth-order valence-electron chi connectivity index (χ4n) is 1.71. The SMILES string of the molecule is O=CCC(/C=C/C1CC1)c1ccccc1. The second-order valence-corrected chi connectivity index (χ2v) is 4.14. The Bertz CT molecular complexity index is 336. The molecule has 1 aromatic rings. The van der Waals surface area contributed by atoms with Gasteiger partial charge in [-0.15, -0.1) is 0 Å². The van der Waals surface area contributed by atoms with E-state index in [9.17, 15) is 4.79 Å². The van der Waals surface area contributed by atoms with Crippen LogP contribution >= 0.6 is 0 Å².